The molecule has 0 bridgehead atoms. The van der Waals surface area contributed by atoms with Gasteiger partial charge < -0.3 is 10.3 Å². The van der Waals surface area contributed by atoms with Crippen molar-refractivity contribution in [3.63, 3.8) is 0 Å². The van der Waals surface area contributed by atoms with Crippen molar-refractivity contribution in [1.82, 2.24) is 15.3 Å². The molecule has 124 valence electrons. The molecule has 0 aliphatic heterocycles. The molecule has 2 N–H and O–H groups in total. The third-order valence-corrected chi connectivity index (χ3v) is 3.98. The van der Waals surface area contributed by atoms with Crippen LogP contribution in [0.1, 0.15) is 37.3 Å². The number of hydrogen-bond donors (Lipinski definition) is 2. The first kappa shape index (κ1) is 16.3. The summed E-state index contributed by atoms with van der Waals surface area (Å²) in [6, 6.07) is 10.4. The molecule has 2 aromatic carbocycles. The number of fused-ring (bicyclic) bond motifs is 1. The van der Waals surface area contributed by atoms with Crippen LogP contribution in [0.5, 0.6) is 0 Å². The van der Waals surface area contributed by atoms with E-state index in [1.165, 1.54) is 6.07 Å². The van der Waals surface area contributed by atoms with Crippen LogP contribution in [0.25, 0.3) is 10.9 Å². The van der Waals surface area contributed by atoms with Crippen LogP contribution >= 0.6 is 0 Å². The molecule has 2 atom stereocenters. The standard InChI is InChI=1S/C18H17F2N3O/c1-10(12-7-8-14(19)15(20)9-12)21-11(2)17-22-16-6-4-3-5-13(16)18(24)23-17/h3-11,21H,1-2H3,(H,22,23,24)/t10-,11-/m1/s1. The maximum absolute atomic E-state index is 13.4. The van der Waals surface area contributed by atoms with Crippen LogP contribution < -0.4 is 10.9 Å². The van der Waals surface area contributed by atoms with E-state index in [1.54, 1.807) is 18.2 Å². The van der Waals surface area contributed by atoms with Crippen LogP contribution in [0.15, 0.2) is 47.3 Å². The summed E-state index contributed by atoms with van der Waals surface area (Å²) in [5, 5.41) is 3.76. The number of nitrogens with zero attached hydrogens (tertiary/aromatic N) is 1. The molecular weight excluding hydrogens is 312 g/mol. The quantitative estimate of drug-likeness (QED) is 0.769. The van der Waals surface area contributed by atoms with E-state index in [4.69, 9.17) is 0 Å². The van der Waals surface area contributed by atoms with Crippen LogP contribution in [0.4, 0.5) is 8.78 Å². The van der Waals surface area contributed by atoms with Gasteiger partial charge >= 0.3 is 0 Å². The molecule has 0 spiro atoms. The Hall–Kier alpha value is -2.60. The van der Waals surface area contributed by atoms with Crippen molar-refractivity contribution in [2.24, 2.45) is 0 Å². The van der Waals surface area contributed by atoms with Gasteiger partial charge in [0.2, 0.25) is 0 Å². The van der Waals surface area contributed by atoms with Gasteiger partial charge in [0, 0.05) is 6.04 Å². The van der Waals surface area contributed by atoms with Gasteiger partial charge in [-0.3, -0.25) is 4.79 Å². The molecule has 24 heavy (non-hydrogen) atoms. The van der Waals surface area contributed by atoms with Gasteiger partial charge in [-0.25, -0.2) is 13.8 Å². The predicted octanol–water partition coefficient (Wildman–Crippen LogP) is 3.61. The number of halogens is 2. The Labute approximate surface area is 137 Å². The minimum absolute atomic E-state index is 0.204. The molecule has 0 saturated heterocycles. The summed E-state index contributed by atoms with van der Waals surface area (Å²) in [7, 11) is 0. The highest BCUT2D eigenvalue weighted by Gasteiger charge is 2.15. The van der Waals surface area contributed by atoms with Gasteiger partial charge in [0.1, 0.15) is 5.82 Å². The van der Waals surface area contributed by atoms with Gasteiger partial charge in [0.05, 0.1) is 16.9 Å². The first-order valence-corrected chi connectivity index (χ1v) is 7.65. The molecule has 6 heteroatoms. The molecule has 0 radical (unpaired) electrons. The summed E-state index contributed by atoms with van der Waals surface area (Å²) in [6.07, 6.45) is 0. The van der Waals surface area contributed by atoms with E-state index >= 15 is 0 Å². The van der Waals surface area contributed by atoms with Crippen LogP contribution in [0, 0.1) is 11.6 Å². The number of benzene rings is 2. The number of nitrogens with one attached hydrogen (secondary N) is 2. The first-order chi connectivity index (χ1) is 11.5. The molecule has 0 saturated carbocycles. The van der Waals surface area contributed by atoms with Gasteiger partial charge in [-0.2, -0.15) is 0 Å². The summed E-state index contributed by atoms with van der Waals surface area (Å²) < 4.78 is 26.4. The van der Waals surface area contributed by atoms with Crippen molar-refractivity contribution < 1.29 is 8.78 Å². The zero-order valence-corrected chi connectivity index (χ0v) is 13.3. The predicted molar refractivity (Wildman–Crippen MR) is 88.7 cm³/mol. The van der Waals surface area contributed by atoms with Crippen molar-refractivity contribution in [2.45, 2.75) is 25.9 Å². The van der Waals surface area contributed by atoms with Crippen LogP contribution in [-0.4, -0.2) is 9.97 Å². The van der Waals surface area contributed by atoms with Gasteiger partial charge in [0.25, 0.3) is 5.56 Å². The minimum atomic E-state index is -0.883. The SMILES string of the molecule is C[C@@H](N[C@H](C)c1nc2ccccc2c(=O)[nH]1)c1ccc(F)c(F)c1. The van der Waals surface area contributed by atoms with E-state index in [0.717, 1.165) is 12.1 Å². The highest BCUT2D eigenvalue weighted by atomic mass is 19.2. The van der Waals surface area contributed by atoms with Crippen molar-refractivity contribution >= 4 is 10.9 Å². The third kappa shape index (κ3) is 3.19. The summed E-state index contributed by atoms with van der Waals surface area (Å²) in [6.45, 7) is 3.69. The summed E-state index contributed by atoms with van der Waals surface area (Å²) in [5.74, 6) is -1.27. The zero-order valence-electron chi connectivity index (χ0n) is 13.3. The Bertz CT molecular complexity index is 939. The van der Waals surface area contributed by atoms with Crippen molar-refractivity contribution in [2.75, 3.05) is 0 Å². The second kappa shape index (κ2) is 6.49. The fourth-order valence-corrected chi connectivity index (χ4v) is 2.64. The molecule has 0 aliphatic carbocycles. The topological polar surface area (TPSA) is 57.8 Å². The fourth-order valence-electron chi connectivity index (χ4n) is 2.64. The summed E-state index contributed by atoms with van der Waals surface area (Å²) >= 11 is 0. The van der Waals surface area contributed by atoms with E-state index in [0.29, 0.717) is 22.3 Å². The summed E-state index contributed by atoms with van der Waals surface area (Å²) in [5.41, 5.74) is 1.03. The Balaban J connectivity index is 1.85. The highest BCUT2D eigenvalue weighted by Crippen LogP contribution is 2.20. The normalized spacial score (nSPS) is 13.8. The van der Waals surface area contributed by atoms with Crippen LogP contribution in [-0.2, 0) is 0 Å². The van der Waals surface area contributed by atoms with Crippen molar-refractivity contribution in [1.29, 1.82) is 0 Å². The average Bonchev–Trinajstić information content (AvgIpc) is 2.57. The lowest BCUT2D eigenvalue weighted by Gasteiger charge is -2.20. The summed E-state index contributed by atoms with van der Waals surface area (Å²) in [4.78, 5) is 19.4. The first-order valence-electron chi connectivity index (χ1n) is 7.65. The molecule has 0 fully saturated rings. The molecule has 0 amide bonds. The molecule has 1 heterocycles. The van der Waals surface area contributed by atoms with Gasteiger partial charge in [-0.1, -0.05) is 18.2 Å². The molecule has 0 aliphatic rings. The second-order valence-corrected chi connectivity index (χ2v) is 5.75. The number of H-pyrrole nitrogens is 1. The monoisotopic (exact) mass is 329 g/mol. The Morgan fingerprint density at radius 3 is 2.54 bits per heavy atom. The van der Waals surface area contributed by atoms with E-state index in [2.05, 4.69) is 15.3 Å². The maximum Gasteiger partial charge on any atom is 0.258 e. The average molecular weight is 329 g/mol. The molecule has 3 rings (SSSR count). The highest BCUT2D eigenvalue weighted by molar-refractivity contribution is 5.77. The Morgan fingerprint density at radius 1 is 1.04 bits per heavy atom. The minimum Gasteiger partial charge on any atom is -0.309 e. The van der Waals surface area contributed by atoms with Gasteiger partial charge in [-0.05, 0) is 43.7 Å². The maximum atomic E-state index is 13.4. The number of aromatic nitrogens is 2. The number of rotatable bonds is 4. The molecule has 3 aromatic rings. The van der Waals surface area contributed by atoms with Gasteiger partial charge in [-0.15, -0.1) is 0 Å². The van der Waals surface area contributed by atoms with E-state index < -0.39 is 11.6 Å². The molecular formula is C18H17F2N3O. The van der Waals surface area contributed by atoms with E-state index in [1.807, 2.05) is 19.9 Å². The van der Waals surface area contributed by atoms with Crippen molar-refractivity contribution in [3.05, 3.63) is 75.8 Å². The third-order valence-electron chi connectivity index (χ3n) is 3.98. The molecule has 1 aromatic heterocycles. The van der Waals surface area contributed by atoms with Crippen LogP contribution in [0.3, 0.4) is 0 Å². The number of aromatic amines is 1. The lowest BCUT2D eigenvalue weighted by atomic mass is 10.1. The van der Waals surface area contributed by atoms with E-state index in [9.17, 15) is 13.6 Å². The Morgan fingerprint density at radius 2 is 1.79 bits per heavy atom. The van der Waals surface area contributed by atoms with Crippen LogP contribution in [0.2, 0.25) is 0 Å². The smallest absolute Gasteiger partial charge is 0.258 e. The lowest BCUT2D eigenvalue weighted by Crippen LogP contribution is -2.26. The second-order valence-electron chi connectivity index (χ2n) is 5.75. The number of hydrogen-bond acceptors (Lipinski definition) is 3. The largest absolute Gasteiger partial charge is 0.309 e. The van der Waals surface area contributed by atoms with Crippen molar-refractivity contribution in [3.8, 4) is 0 Å². The number of para-hydroxylation sites is 1. The molecule has 4 nitrogen and oxygen atoms in total. The van der Waals surface area contributed by atoms with E-state index in [-0.39, 0.29) is 17.6 Å². The van der Waals surface area contributed by atoms with Gasteiger partial charge in [0.15, 0.2) is 11.6 Å². The fraction of sp³-hybridized carbons (Fsp3) is 0.222. The lowest BCUT2D eigenvalue weighted by molar-refractivity contribution is 0.468. The Kier molecular flexibility index (Phi) is 4.40. The molecule has 0 unspecified atom stereocenters. The zero-order chi connectivity index (χ0) is 17.3.